The number of para-hydroxylation sites is 1. The molecule has 1 aliphatic carbocycles. The molecule has 27 heavy (non-hydrogen) atoms. The minimum Gasteiger partial charge on any atom is -0.385 e. The Kier molecular flexibility index (Phi) is 5.32. The first-order chi connectivity index (χ1) is 13.1. The molecule has 0 aromatic heterocycles. The number of fused-ring (bicyclic) bond motifs is 4. The van der Waals surface area contributed by atoms with Crippen LogP contribution in [0.5, 0.6) is 0 Å². The van der Waals surface area contributed by atoms with Crippen LogP contribution in [-0.2, 0) is 9.47 Å². The summed E-state index contributed by atoms with van der Waals surface area (Å²) in [6.07, 6.45) is 10.6. The summed E-state index contributed by atoms with van der Waals surface area (Å²) in [7, 11) is 6.31. The van der Waals surface area contributed by atoms with Crippen molar-refractivity contribution in [3.05, 3.63) is 35.9 Å². The molecule has 0 bridgehead atoms. The van der Waals surface area contributed by atoms with Gasteiger partial charge in [-0.1, -0.05) is 24.3 Å². The summed E-state index contributed by atoms with van der Waals surface area (Å²) in [6.45, 7) is 1.61. The van der Waals surface area contributed by atoms with E-state index < -0.39 is 0 Å². The number of anilines is 1. The van der Waals surface area contributed by atoms with Gasteiger partial charge in [-0.2, -0.15) is 0 Å². The van der Waals surface area contributed by atoms with Crippen LogP contribution in [0.2, 0.25) is 0 Å². The smallest absolute Gasteiger partial charge is 0.0930 e. The first-order valence-corrected chi connectivity index (χ1v) is 10.5. The van der Waals surface area contributed by atoms with Crippen LogP contribution in [0.1, 0.15) is 50.5 Å². The number of hydrogen-bond donors (Lipinski definition) is 1. The summed E-state index contributed by atoms with van der Waals surface area (Å²) >= 11 is 0. The molecule has 1 saturated carbocycles. The van der Waals surface area contributed by atoms with Crippen molar-refractivity contribution in [1.29, 1.82) is 0 Å². The highest BCUT2D eigenvalue weighted by Crippen LogP contribution is 2.51. The van der Waals surface area contributed by atoms with Crippen molar-refractivity contribution in [3.63, 3.8) is 0 Å². The lowest BCUT2D eigenvalue weighted by molar-refractivity contribution is -0.0946. The maximum absolute atomic E-state index is 6.49. The van der Waals surface area contributed by atoms with Gasteiger partial charge < -0.3 is 19.7 Å². The third kappa shape index (κ3) is 3.32. The summed E-state index contributed by atoms with van der Waals surface area (Å²) in [5.41, 5.74) is 4.33. The summed E-state index contributed by atoms with van der Waals surface area (Å²) in [6, 6.07) is 9.01. The Labute approximate surface area is 163 Å². The minimum atomic E-state index is -0.0604. The molecule has 1 atom stereocenters. The first kappa shape index (κ1) is 19.0. The minimum absolute atomic E-state index is 0.0604. The van der Waals surface area contributed by atoms with Crippen LogP contribution in [0.25, 0.3) is 5.57 Å². The number of unbranched alkanes of at least 4 members (excludes halogenated alkanes) is 1. The molecule has 0 amide bonds. The molecule has 2 aliphatic heterocycles. The second kappa shape index (κ2) is 7.57. The summed E-state index contributed by atoms with van der Waals surface area (Å²) in [4.78, 5) is 2.48. The number of methoxy groups -OCH3 is 1. The first-order valence-electron chi connectivity index (χ1n) is 10.5. The molecule has 1 unspecified atom stereocenters. The van der Waals surface area contributed by atoms with Crippen LogP contribution in [0.4, 0.5) is 5.69 Å². The zero-order chi connectivity index (χ0) is 18.9. The number of rotatable bonds is 6. The molecule has 1 fully saturated rings. The fourth-order valence-corrected chi connectivity index (χ4v) is 5.47. The van der Waals surface area contributed by atoms with E-state index in [1.54, 1.807) is 7.11 Å². The van der Waals surface area contributed by atoms with Crippen LogP contribution in [-0.4, -0.2) is 56.5 Å². The van der Waals surface area contributed by atoms with Gasteiger partial charge in [0, 0.05) is 30.5 Å². The van der Waals surface area contributed by atoms with Crippen LogP contribution < -0.4 is 5.32 Å². The third-order valence-corrected chi connectivity index (χ3v) is 7.27. The quantitative estimate of drug-likeness (QED) is 0.756. The van der Waals surface area contributed by atoms with Crippen LogP contribution in [0.3, 0.4) is 0 Å². The Morgan fingerprint density at radius 3 is 2.67 bits per heavy atom. The van der Waals surface area contributed by atoms with E-state index in [2.05, 4.69) is 54.7 Å². The Morgan fingerprint density at radius 2 is 1.93 bits per heavy atom. The van der Waals surface area contributed by atoms with E-state index >= 15 is 0 Å². The van der Waals surface area contributed by atoms with Crippen molar-refractivity contribution in [2.75, 3.05) is 39.7 Å². The zero-order valence-electron chi connectivity index (χ0n) is 17.1. The molecule has 4 heteroatoms. The van der Waals surface area contributed by atoms with Crippen molar-refractivity contribution in [3.8, 4) is 0 Å². The Hall–Kier alpha value is -1.36. The average molecular weight is 371 g/mol. The van der Waals surface area contributed by atoms with Crippen molar-refractivity contribution >= 4 is 11.3 Å². The lowest BCUT2D eigenvalue weighted by Gasteiger charge is -2.52. The molecule has 148 valence electrons. The van der Waals surface area contributed by atoms with E-state index in [1.807, 2.05) is 0 Å². The van der Waals surface area contributed by atoms with Crippen LogP contribution >= 0.6 is 0 Å². The molecular weight excluding hydrogens is 336 g/mol. The average Bonchev–Trinajstić information content (AvgIpc) is 3.07. The highest BCUT2D eigenvalue weighted by atomic mass is 16.5. The predicted octanol–water partition coefficient (Wildman–Crippen LogP) is 4.32. The second-order valence-corrected chi connectivity index (χ2v) is 8.73. The van der Waals surface area contributed by atoms with Gasteiger partial charge in [-0.25, -0.2) is 0 Å². The number of hydrogen-bond acceptors (Lipinski definition) is 4. The van der Waals surface area contributed by atoms with E-state index in [-0.39, 0.29) is 5.60 Å². The fourth-order valence-electron chi connectivity index (χ4n) is 5.47. The highest BCUT2D eigenvalue weighted by Gasteiger charge is 2.52. The molecule has 1 aromatic rings. The maximum atomic E-state index is 6.49. The van der Waals surface area contributed by atoms with E-state index in [0.29, 0.717) is 11.6 Å². The third-order valence-electron chi connectivity index (χ3n) is 7.27. The van der Waals surface area contributed by atoms with E-state index in [1.165, 1.54) is 42.5 Å². The monoisotopic (exact) mass is 370 g/mol. The normalized spacial score (nSPS) is 32.1. The zero-order valence-corrected chi connectivity index (χ0v) is 17.1. The molecule has 0 saturated heterocycles. The van der Waals surface area contributed by atoms with Gasteiger partial charge in [0.15, 0.2) is 0 Å². The van der Waals surface area contributed by atoms with Crippen molar-refractivity contribution < 1.29 is 9.47 Å². The molecular formula is C23H34N2O2. The van der Waals surface area contributed by atoms with Gasteiger partial charge in [0.05, 0.1) is 18.2 Å². The van der Waals surface area contributed by atoms with Gasteiger partial charge in [0.2, 0.25) is 0 Å². The molecule has 2 heterocycles. The van der Waals surface area contributed by atoms with E-state index in [0.717, 1.165) is 32.5 Å². The van der Waals surface area contributed by atoms with E-state index in [4.69, 9.17) is 9.47 Å². The van der Waals surface area contributed by atoms with Crippen molar-refractivity contribution in [2.45, 2.75) is 62.1 Å². The number of ether oxygens (including phenoxy) is 2. The summed E-state index contributed by atoms with van der Waals surface area (Å²) < 4.78 is 11.7. The standard InChI is InChI=1S/C23H34N2O2/c1-25(2)22(11-6-7-16-26-3)12-14-23(15-13-22)21-19(10-17-27-23)18-8-4-5-9-20(18)24-21/h4-5,8-10,21,24H,6-7,11-17H2,1-3H3. The number of benzene rings is 1. The highest BCUT2D eigenvalue weighted by molar-refractivity contribution is 5.88. The summed E-state index contributed by atoms with van der Waals surface area (Å²) in [5.74, 6) is 0. The summed E-state index contributed by atoms with van der Waals surface area (Å²) in [5, 5.41) is 3.79. The predicted molar refractivity (Wildman–Crippen MR) is 111 cm³/mol. The largest absolute Gasteiger partial charge is 0.385 e. The van der Waals surface area contributed by atoms with Gasteiger partial charge >= 0.3 is 0 Å². The molecule has 1 aromatic carbocycles. The topological polar surface area (TPSA) is 33.7 Å². The van der Waals surface area contributed by atoms with E-state index in [9.17, 15) is 0 Å². The second-order valence-electron chi connectivity index (χ2n) is 8.73. The maximum Gasteiger partial charge on any atom is 0.0930 e. The fraction of sp³-hybridized carbons (Fsp3) is 0.652. The SMILES string of the molecule is COCCCCC1(N(C)C)CCC2(CC1)OCC=C1c3ccccc3NC12. The van der Waals surface area contributed by atoms with Gasteiger partial charge in [-0.3, -0.25) is 0 Å². The van der Waals surface area contributed by atoms with Crippen LogP contribution in [0.15, 0.2) is 30.3 Å². The molecule has 1 N–H and O–H groups in total. The van der Waals surface area contributed by atoms with Crippen LogP contribution in [0, 0.1) is 0 Å². The lowest BCUT2D eigenvalue weighted by Crippen LogP contribution is -2.58. The lowest BCUT2D eigenvalue weighted by atomic mass is 9.67. The molecule has 3 aliphatic rings. The molecule has 4 rings (SSSR count). The molecule has 1 spiro atoms. The van der Waals surface area contributed by atoms with Gasteiger partial charge in [-0.15, -0.1) is 0 Å². The Morgan fingerprint density at radius 1 is 1.15 bits per heavy atom. The number of nitrogens with one attached hydrogen (secondary N) is 1. The van der Waals surface area contributed by atoms with Crippen molar-refractivity contribution in [2.24, 2.45) is 0 Å². The van der Waals surface area contributed by atoms with Gasteiger partial charge in [-0.05, 0) is 70.7 Å². The number of nitrogens with zero attached hydrogens (tertiary/aromatic N) is 1. The molecule has 4 nitrogen and oxygen atoms in total. The Balaban J connectivity index is 1.49. The van der Waals surface area contributed by atoms with Gasteiger partial charge in [0.25, 0.3) is 0 Å². The van der Waals surface area contributed by atoms with Crippen molar-refractivity contribution in [1.82, 2.24) is 4.90 Å². The molecule has 0 radical (unpaired) electrons. The van der Waals surface area contributed by atoms with Gasteiger partial charge in [0.1, 0.15) is 0 Å². The Bertz CT molecular complexity index is 689.